The average molecular weight is 285 g/mol. The average Bonchev–Trinajstić information content (AvgIpc) is 2.42. The Labute approximate surface area is 123 Å². The number of alkyl carbamates (subject to hydrolysis) is 1. The summed E-state index contributed by atoms with van der Waals surface area (Å²) >= 11 is 0. The molecule has 0 fully saturated rings. The van der Waals surface area contributed by atoms with Gasteiger partial charge in [0.1, 0.15) is 0 Å². The van der Waals surface area contributed by atoms with Crippen LogP contribution < -0.4 is 5.32 Å². The Balaban J connectivity index is 4.44. The molecule has 118 valence electrons. The molecule has 0 rings (SSSR count). The number of carbonyl (C=O) groups excluding carboxylic acids is 2. The highest BCUT2D eigenvalue weighted by Gasteiger charge is 2.26. The zero-order valence-corrected chi connectivity index (χ0v) is 13.7. The molecule has 0 aromatic heterocycles. The van der Waals surface area contributed by atoms with E-state index in [1.165, 1.54) is 26.4 Å². The maximum absolute atomic E-state index is 12.4. The normalized spacial score (nSPS) is 13.9. The number of Topliss-reactive ketones (excluding diaryl/α,β-unsaturated/α-hetero) is 1. The first-order valence-electron chi connectivity index (χ1n) is 7.83. The molecule has 0 aliphatic rings. The molecule has 4 nitrogen and oxygen atoms in total. The molecule has 4 heteroatoms. The number of hydrogen-bond donors (Lipinski definition) is 1. The highest BCUT2D eigenvalue weighted by atomic mass is 16.5. The van der Waals surface area contributed by atoms with Gasteiger partial charge in [-0.25, -0.2) is 4.79 Å². The molecule has 0 radical (unpaired) electrons. The lowest BCUT2D eigenvalue weighted by atomic mass is 9.88. The number of nitrogens with one attached hydrogen (secondary N) is 1. The maximum Gasteiger partial charge on any atom is 0.407 e. The molecule has 0 spiro atoms. The lowest BCUT2D eigenvalue weighted by Crippen LogP contribution is -2.44. The molecule has 2 unspecified atom stereocenters. The Hall–Kier alpha value is -1.06. The monoisotopic (exact) mass is 285 g/mol. The van der Waals surface area contributed by atoms with Gasteiger partial charge < -0.3 is 10.1 Å². The van der Waals surface area contributed by atoms with Gasteiger partial charge in [0.25, 0.3) is 0 Å². The molecule has 0 saturated heterocycles. The molecule has 0 bridgehead atoms. The fourth-order valence-electron chi connectivity index (χ4n) is 2.35. The zero-order chi connectivity index (χ0) is 15.5. The van der Waals surface area contributed by atoms with Gasteiger partial charge in [-0.3, -0.25) is 4.79 Å². The van der Waals surface area contributed by atoms with E-state index >= 15 is 0 Å². The van der Waals surface area contributed by atoms with Crippen LogP contribution in [0.25, 0.3) is 0 Å². The Morgan fingerprint density at radius 1 is 1.15 bits per heavy atom. The first kappa shape index (κ1) is 18.9. The second-order valence-electron chi connectivity index (χ2n) is 5.80. The lowest BCUT2D eigenvalue weighted by Gasteiger charge is -2.23. The van der Waals surface area contributed by atoms with Gasteiger partial charge in [0.15, 0.2) is 5.78 Å². The topological polar surface area (TPSA) is 55.4 Å². The Morgan fingerprint density at radius 3 is 2.25 bits per heavy atom. The summed E-state index contributed by atoms with van der Waals surface area (Å²) in [6.07, 6.45) is 5.72. The summed E-state index contributed by atoms with van der Waals surface area (Å²) in [6, 6.07) is -0.442. The number of ketones is 1. The first-order valence-corrected chi connectivity index (χ1v) is 7.83. The third kappa shape index (κ3) is 7.51. The van der Waals surface area contributed by atoms with Crippen molar-refractivity contribution in [3.63, 3.8) is 0 Å². The van der Waals surface area contributed by atoms with Crippen LogP contribution in [0.15, 0.2) is 0 Å². The van der Waals surface area contributed by atoms with E-state index < -0.39 is 12.1 Å². The van der Waals surface area contributed by atoms with Crippen molar-refractivity contribution in [3.05, 3.63) is 0 Å². The van der Waals surface area contributed by atoms with Gasteiger partial charge in [0.2, 0.25) is 0 Å². The summed E-state index contributed by atoms with van der Waals surface area (Å²) in [5.74, 6) is 0.623. The highest BCUT2D eigenvalue weighted by Crippen LogP contribution is 2.20. The van der Waals surface area contributed by atoms with Crippen LogP contribution in [0.1, 0.15) is 66.2 Å². The summed E-state index contributed by atoms with van der Waals surface area (Å²) in [7, 11) is 1.32. The van der Waals surface area contributed by atoms with Crippen LogP contribution in [0.4, 0.5) is 4.79 Å². The van der Waals surface area contributed by atoms with Crippen molar-refractivity contribution in [2.45, 2.75) is 72.3 Å². The second-order valence-corrected chi connectivity index (χ2v) is 5.80. The van der Waals surface area contributed by atoms with Crippen LogP contribution in [-0.2, 0) is 9.53 Å². The zero-order valence-electron chi connectivity index (χ0n) is 13.7. The summed E-state index contributed by atoms with van der Waals surface area (Å²) in [5, 5.41) is 2.65. The number of hydrogen-bond acceptors (Lipinski definition) is 3. The van der Waals surface area contributed by atoms with Crippen LogP contribution in [0, 0.1) is 11.8 Å². The number of amides is 1. The quantitative estimate of drug-likeness (QED) is 0.619. The SMILES string of the molecule is CCCCCC(CC)CC(=O)C(NC(=O)OC)C(C)C. The van der Waals surface area contributed by atoms with E-state index in [4.69, 9.17) is 0 Å². The fraction of sp³-hybridized carbons (Fsp3) is 0.875. The smallest absolute Gasteiger partial charge is 0.407 e. The Morgan fingerprint density at radius 2 is 1.80 bits per heavy atom. The van der Waals surface area contributed by atoms with Crippen LogP contribution in [0.5, 0.6) is 0 Å². The molecule has 0 aromatic rings. The third-order valence-corrected chi connectivity index (χ3v) is 3.76. The minimum atomic E-state index is -0.531. The number of carbonyl (C=O) groups is 2. The molecule has 0 aliphatic carbocycles. The molecule has 1 N–H and O–H groups in total. The van der Waals surface area contributed by atoms with Crippen molar-refractivity contribution in [3.8, 4) is 0 Å². The number of unbranched alkanes of at least 4 members (excludes halogenated alkanes) is 2. The van der Waals surface area contributed by atoms with Crippen molar-refractivity contribution < 1.29 is 14.3 Å². The predicted octanol–water partition coefficient (Wildman–Crippen LogP) is 3.93. The van der Waals surface area contributed by atoms with E-state index in [-0.39, 0.29) is 11.7 Å². The van der Waals surface area contributed by atoms with E-state index in [1.54, 1.807) is 0 Å². The molecule has 2 atom stereocenters. The van der Waals surface area contributed by atoms with Crippen molar-refractivity contribution in [1.29, 1.82) is 0 Å². The van der Waals surface area contributed by atoms with Crippen molar-refractivity contribution in [2.75, 3.05) is 7.11 Å². The van der Waals surface area contributed by atoms with Crippen LogP contribution in [-0.4, -0.2) is 25.0 Å². The minimum absolute atomic E-state index is 0.0785. The number of ether oxygens (including phenoxy) is 1. The summed E-state index contributed by atoms with van der Waals surface area (Å²) in [6.45, 7) is 8.19. The summed E-state index contributed by atoms with van der Waals surface area (Å²) in [5.41, 5.74) is 0. The van der Waals surface area contributed by atoms with Crippen LogP contribution >= 0.6 is 0 Å². The van der Waals surface area contributed by atoms with Crippen molar-refractivity contribution in [2.24, 2.45) is 11.8 Å². The van der Waals surface area contributed by atoms with Gasteiger partial charge in [-0.15, -0.1) is 0 Å². The Kier molecular flexibility index (Phi) is 10.1. The third-order valence-electron chi connectivity index (χ3n) is 3.76. The van der Waals surface area contributed by atoms with Crippen molar-refractivity contribution >= 4 is 11.9 Å². The van der Waals surface area contributed by atoms with Crippen molar-refractivity contribution in [1.82, 2.24) is 5.32 Å². The Bertz CT molecular complexity index is 289. The first-order chi connectivity index (χ1) is 9.46. The molecule has 0 heterocycles. The fourth-order valence-corrected chi connectivity index (χ4v) is 2.35. The molecular weight excluding hydrogens is 254 g/mol. The summed E-state index contributed by atoms with van der Waals surface area (Å²) < 4.78 is 4.59. The molecular formula is C16H31NO3. The van der Waals surface area contributed by atoms with Gasteiger partial charge >= 0.3 is 6.09 Å². The van der Waals surface area contributed by atoms with Gasteiger partial charge in [-0.1, -0.05) is 59.8 Å². The van der Waals surface area contributed by atoms with Crippen LogP contribution in [0.2, 0.25) is 0 Å². The van der Waals surface area contributed by atoms with E-state index in [9.17, 15) is 9.59 Å². The van der Waals surface area contributed by atoms with E-state index in [2.05, 4.69) is 23.9 Å². The van der Waals surface area contributed by atoms with Gasteiger partial charge in [0.05, 0.1) is 13.2 Å². The predicted molar refractivity (Wildman–Crippen MR) is 81.7 cm³/mol. The van der Waals surface area contributed by atoms with Gasteiger partial charge in [0, 0.05) is 6.42 Å². The largest absolute Gasteiger partial charge is 0.453 e. The van der Waals surface area contributed by atoms with E-state index in [0.29, 0.717) is 12.3 Å². The lowest BCUT2D eigenvalue weighted by molar-refractivity contribution is -0.123. The molecule has 0 aromatic carbocycles. The van der Waals surface area contributed by atoms with Gasteiger partial charge in [-0.2, -0.15) is 0 Å². The van der Waals surface area contributed by atoms with Crippen LogP contribution in [0.3, 0.4) is 0 Å². The highest BCUT2D eigenvalue weighted by molar-refractivity contribution is 5.87. The number of rotatable bonds is 10. The van der Waals surface area contributed by atoms with Gasteiger partial charge in [-0.05, 0) is 11.8 Å². The molecule has 0 saturated carbocycles. The standard InChI is InChI=1S/C16H31NO3/c1-6-8-9-10-13(7-2)11-14(18)15(12(3)4)17-16(19)20-5/h12-13,15H,6-11H2,1-5H3,(H,17,19). The van der Waals surface area contributed by atoms with E-state index in [0.717, 1.165) is 12.8 Å². The second kappa shape index (κ2) is 10.7. The molecule has 20 heavy (non-hydrogen) atoms. The number of methoxy groups -OCH3 is 1. The summed E-state index contributed by atoms with van der Waals surface area (Å²) in [4.78, 5) is 23.7. The maximum atomic E-state index is 12.4. The molecule has 1 amide bonds. The molecule has 0 aliphatic heterocycles. The minimum Gasteiger partial charge on any atom is -0.453 e. The van der Waals surface area contributed by atoms with E-state index in [1.807, 2.05) is 13.8 Å².